The molecule has 0 bridgehead atoms. The van der Waals surface area contributed by atoms with Gasteiger partial charge in [-0.15, -0.1) is 0 Å². The molecule has 37 heavy (non-hydrogen) atoms. The number of furan rings is 1. The fourth-order valence-electron chi connectivity index (χ4n) is 4.26. The van der Waals surface area contributed by atoms with Gasteiger partial charge in [-0.2, -0.15) is 0 Å². The lowest BCUT2D eigenvalue weighted by Crippen LogP contribution is -2.13. The number of allylic oxidation sites excluding steroid dienone is 1. The number of nitrogens with one attached hydrogen (secondary N) is 1. The molecule has 7 heteroatoms. The van der Waals surface area contributed by atoms with Crippen LogP contribution in [-0.4, -0.2) is 25.0 Å². The molecule has 0 unspecified atom stereocenters. The molecule has 3 aromatic carbocycles. The normalized spacial score (nSPS) is 11.4. The Balaban J connectivity index is 1.73. The van der Waals surface area contributed by atoms with Crippen molar-refractivity contribution in [1.82, 2.24) is 0 Å². The van der Waals surface area contributed by atoms with E-state index in [1.807, 2.05) is 58.0 Å². The molecule has 3 N–H and O–H groups in total. The Morgan fingerprint density at radius 1 is 1.03 bits per heavy atom. The standard InChI is InChI=1S/C30H30N2O5/c1-5-35-23-12-10-20(11-13-23)26-17-37-29-19(4)28(36-6-2)24(16-25(26)29)18(3)14-27(33)32-22-9-7-8-21(15-22)30(31)34/h7-17H,5-6H2,1-4H3,(H2,31,34)(H,32,33)/b18-14+. The largest absolute Gasteiger partial charge is 0.494 e. The molecule has 0 saturated heterocycles. The molecular weight excluding hydrogens is 468 g/mol. The van der Waals surface area contributed by atoms with Crippen LogP contribution in [0.15, 0.2) is 71.4 Å². The fraction of sp³-hybridized carbons (Fsp3) is 0.200. The summed E-state index contributed by atoms with van der Waals surface area (Å²) in [7, 11) is 0. The van der Waals surface area contributed by atoms with E-state index in [1.165, 1.54) is 6.08 Å². The summed E-state index contributed by atoms with van der Waals surface area (Å²) in [5.41, 5.74) is 11.2. The van der Waals surface area contributed by atoms with Crippen molar-refractivity contribution < 1.29 is 23.5 Å². The van der Waals surface area contributed by atoms with Gasteiger partial charge in [-0.25, -0.2) is 0 Å². The lowest BCUT2D eigenvalue weighted by atomic mass is 9.96. The minimum atomic E-state index is -0.559. The molecule has 190 valence electrons. The molecule has 0 aliphatic carbocycles. The smallest absolute Gasteiger partial charge is 0.248 e. The highest BCUT2D eigenvalue weighted by atomic mass is 16.5. The highest BCUT2D eigenvalue weighted by molar-refractivity contribution is 6.06. The van der Waals surface area contributed by atoms with E-state index in [0.29, 0.717) is 30.2 Å². The Hall–Kier alpha value is -4.52. The van der Waals surface area contributed by atoms with Gasteiger partial charge in [-0.1, -0.05) is 18.2 Å². The van der Waals surface area contributed by atoms with Crippen molar-refractivity contribution in [1.29, 1.82) is 0 Å². The maximum Gasteiger partial charge on any atom is 0.248 e. The second-order valence-electron chi connectivity index (χ2n) is 8.56. The lowest BCUT2D eigenvalue weighted by molar-refractivity contribution is -0.111. The van der Waals surface area contributed by atoms with Gasteiger partial charge >= 0.3 is 0 Å². The van der Waals surface area contributed by atoms with Crippen LogP contribution in [-0.2, 0) is 4.79 Å². The van der Waals surface area contributed by atoms with Crippen LogP contribution in [0.4, 0.5) is 5.69 Å². The van der Waals surface area contributed by atoms with Crippen LogP contribution in [0.2, 0.25) is 0 Å². The number of anilines is 1. The Morgan fingerprint density at radius 3 is 2.43 bits per heavy atom. The first-order valence-corrected chi connectivity index (χ1v) is 12.1. The van der Waals surface area contributed by atoms with Gasteiger partial charge in [0.25, 0.3) is 0 Å². The zero-order valence-corrected chi connectivity index (χ0v) is 21.4. The molecule has 0 radical (unpaired) electrons. The van der Waals surface area contributed by atoms with Crippen molar-refractivity contribution in [3.63, 3.8) is 0 Å². The second-order valence-corrected chi connectivity index (χ2v) is 8.56. The summed E-state index contributed by atoms with van der Waals surface area (Å²) in [6.45, 7) is 8.74. The molecule has 0 atom stereocenters. The first-order chi connectivity index (χ1) is 17.8. The molecule has 0 fully saturated rings. The van der Waals surface area contributed by atoms with E-state index in [9.17, 15) is 9.59 Å². The number of hydrogen-bond donors (Lipinski definition) is 2. The van der Waals surface area contributed by atoms with E-state index < -0.39 is 5.91 Å². The van der Waals surface area contributed by atoms with E-state index in [1.54, 1.807) is 30.5 Å². The summed E-state index contributed by atoms with van der Waals surface area (Å²) in [6.07, 6.45) is 3.25. The average molecular weight is 499 g/mol. The third-order valence-corrected chi connectivity index (χ3v) is 6.00. The van der Waals surface area contributed by atoms with E-state index in [-0.39, 0.29) is 5.91 Å². The number of carbonyl (C=O) groups excluding carboxylic acids is 2. The van der Waals surface area contributed by atoms with E-state index in [0.717, 1.165) is 44.5 Å². The third-order valence-electron chi connectivity index (χ3n) is 6.00. The van der Waals surface area contributed by atoms with Gasteiger partial charge in [0.15, 0.2) is 0 Å². The van der Waals surface area contributed by atoms with Gasteiger partial charge in [0.2, 0.25) is 11.8 Å². The average Bonchev–Trinajstić information content (AvgIpc) is 3.30. The number of rotatable bonds is 9. The molecule has 1 aromatic heterocycles. The van der Waals surface area contributed by atoms with Crippen molar-refractivity contribution >= 4 is 34.0 Å². The molecule has 4 aromatic rings. The molecule has 7 nitrogen and oxygen atoms in total. The monoisotopic (exact) mass is 498 g/mol. The Labute approximate surface area is 215 Å². The Kier molecular flexibility index (Phi) is 7.63. The predicted octanol–water partition coefficient (Wildman–Crippen LogP) is 6.35. The Bertz CT molecular complexity index is 1480. The molecule has 1 heterocycles. The molecule has 4 rings (SSSR count). The predicted molar refractivity (Wildman–Crippen MR) is 146 cm³/mol. The highest BCUT2D eigenvalue weighted by Gasteiger charge is 2.19. The number of ether oxygens (including phenoxy) is 2. The summed E-state index contributed by atoms with van der Waals surface area (Å²) in [5.74, 6) is 0.579. The van der Waals surface area contributed by atoms with Crippen LogP contribution >= 0.6 is 0 Å². The number of benzene rings is 3. The number of carbonyl (C=O) groups is 2. The molecule has 0 aliphatic heterocycles. The van der Waals surface area contributed by atoms with Crippen LogP contribution in [0.1, 0.15) is 42.3 Å². The van der Waals surface area contributed by atoms with Crippen LogP contribution < -0.4 is 20.5 Å². The number of amides is 2. The SMILES string of the molecule is CCOc1ccc(-c2coc3c(C)c(OCC)c(/C(C)=C/C(=O)Nc4cccc(C(N)=O)c4)cc23)cc1. The number of hydrogen-bond acceptors (Lipinski definition) is 5. The minimum Gasteiger partial charge on any atom is -0.494 e. The zero-order chi connectivity index (χ0) is 26.5. The zero-order valence-electron chi connectivity index (χ0n) is 21.4. The van der Waals surface area contributed by atoms with E-state index >= 15 is 0 Å². The highest BCUT2D eigenvalue weighted by Crippen LogP contribution is 2.41. The first kappa shape index (κ1) is 25.6. The molecular formula is C30H30N2O5. The lowest BCUT2D eigenvalue weighted by Gasteiger charge is -2.15. The maximum atomic E-state index is 12.8. The minimum absolute atomic E-state index is 0.319. The van der Waals surface area contributed by atoms with E-state index in [2.05, 4.69) is 5.32 Å². The van der Waals surface area contributed by atoms with E-state index in [4.69, 9.17) is 19.6 Å². The fourth-order valence-corrected chi connectivity index (χ4v) is 4.26. The second kappa shape index (κ2) is 11.0. The molecule has 0 saturated carbocycles. The van der Waals surface area contributed by atoms with Gasteiger partial charge in [-0.05, 0) is 75.2 Å². The summed E-state index contributed by atoms with van der Waals surface area (Å²) in [6, 6.07) is 16.4. The first-order valence-electron chi connectivity index (χ1n) is 12.1. The van der Waals surface area contributed by atoms with Gasteiger partial charge in [0.05, 0.1) is 19.5 Å². The number of aryl methyl sites for hydroxylation is 1. The van der Waals surface area contributed by atoms with Crippen LogP contribution in [0, 0.1) is 6.92 Å². The van der Waals surface area contributed by atoms with Crippen molar-refractivity contribution in [3.05, 3.63) is 83.6 Å². The Morgan fingerprint density at radius 2 is 1.76 bits per heavy atom. The number of primary amides is 1. The van der Waals surface area contributed by atoms with Crippen molar-refractivity contribution in [2.45, 2.75) is 27.7 Å². The number of nitrogens with two attached hydrogens (primary N) is 1. The summed E-state index contributed by atoms with van der Waals surface area (Å²) in [5, 5.41) is 3.71. The van der Waals surface area contributed by atoms with Crippen molar-refractivity contribution in [3.8, 4) is 22.6 Å². The quantitative estimate of drug-likeness (QED) is 0.262. The van der Waals surface area contributed by atoms with Gasteiger partial charge in [0.1, 0.15) is 17.1 Å². The number of fused-ring (bicyclic) bond motifs is 1. The van der Waals surface area contributed by atoms with Gasteiger partial charge in [-0.3, -0.25) is 9.59 Å². The van der Waals surface area contributed by atoms with Crippen LogP contribution in [0.5, 0.6) is 11.5 Å². The summed E-state index contributed by atoms with van der Waals surface area (Å²) in [4.78, 5) is 24.3. The van der Waals surface area contributed by atoms with Crippen molar-refractivity contribution in [2.24, 2.45) is 5.73 Å². The van der Waals surface area contributed by atoms with Crippen molar-refractivity contribution in [2.75, 3.05) is 18.5 Å². The maximum absolute atomic E-state index is 12.8. The third kappa shape index (κ3) is 5.51. The van der Waals surface area contributed by atoms with Crippen LogP contribution in [0.3, 0.4) is 0 Å². The van der Waals surface area contributed by atoms with Crippen LogP contribution in [0.25, 0.3) is 27.7 Å². The topological polar surface area (TPSA) is 104 Å². The summed E-state index contributed by atoms with van der Waals surface area (Å²) >= 11 is 0. The van der Waals surface area contributed by atoms with Gasteiger partial charge < -0.3 is 24.9 Å². The molecule has 2 amide bonds. The molecule has 0 spiro atoms. The van der Waals surface area contributed by atoms with Gasteiger partial charge in [0, 0.05) is 39.4 Å². The summed E-state index contributed by atoms with van der Waals surface area (Å²) < 4.78 is 17.5. The molecule has 0 aliphatic rings.